The summed E-state index contributed by atoms with van der Waals surface area (Å²) >= 11 is 0. The first-order chi connectivity index (χ1) is 8.41. The number of unbranched alkanes of at least 4 members (excludes halogenated alkanes) is 9. The average molecular weight is 324 g/mol. The summed E-state index contributed by atoms with van der Waals surface area (Å²) < 4.78 is 0. The Morgan fingerprint density at radius 1 is 0.667 bits per heavy atom. The Morgan fingerprint density at radius 3 is 1.67 bits per heavy atom. The quantitative estimate of drug-likeness (QED) is 0.340. The van der Waals surface area contributed by atoms with Crippen LogP contribution in [0.2, 0.25) is 0 Å². The van der Waals surface area contributed by atoms with Crippen molar-refractivity contribution in [3.8, 4) is 0 Å². The van der Waals surface area contributed by atoms with Crippen LogP contribution >= 0.6 is 17.0 Å². The van der Waals surface area contributed by atoms with E-state index >= 15 is 0 Å². The number of rotatable bonds is 14. The van der Waals surface area contributed by atoms with Gasteiger partial charge in [-0.05, 0) is 12.8 Å². The molecule has 1 N–H and O–H groups in total. The maximum absolute atomic E-state index is 5.30. The van der Waals surface area contributed by atoms with Gasteiger partial charge in [0.1, 0.15) is 0 Å². The van der Waals surface area contributed by atoms with Gasteiger partial charge in [-0.2, -0.15) is 0 Å². The van der Waals surface area contributed by atoms with Gasteiger partial charge in [-0.15, -0.1) is 17.0 Å². The maximum atomic E-state index is 5.30. The Balaban J connectivity index is 0. The van der Waals surface area contributed by atoms with E-state index in [1.807, 2.05) is 0 Å². The molecule has 112 valence electrons. The van der Waals surface area contributed by atoms with Crippen molar-refractivity contribution >= 4 is 17.0 Å². The van der Waals surface area contributed by atoms with E-state index in [9.17, 15) is 0 Å². The van der Waals surface area contributed by atoms with Crippen LogP contribution in [0.5, 0.6) is 0 Å². The van der Waals surface area contributed by atoms with E-state index in [0.717, 1.165) is 19.6 Å². The normalized spacial score (nSPS) is 10.3. The molecule has 0 aliphatic heterocycles. The molecule has 0 saturated heterocycles. The number of hydrogen-bond acceptors (Lipinski definition) is 2. The van der Waals surface area contributed by atoms with Gasteiger partial charge in [0.05, 0.1) is 6.61 Å². The fourth-order valence-electron chi connectivity index (χ4n) is 1.91. The molecule has 0 saturated carbocycles. The van der Waals surface area contributed by atoms with Crippen molar-refractivity contribution in [3.05, 3.63) is 0 Å². The highest BCUT2D eigenvalue weighted by Gasteiger charge is 1.92. The van der Waals surface area contributed by atoms with Crippen molar-refractivity contribution in [3.63, 3.8) is 0 Å². The van der Waals surface area contributed by atoms with E-state index in [2.05, 4.69) is 19.3 Å². The summed E-state index contributed by atoms with van der Waals surface area (Å²) in [7, 11) is 0. The SMILES string of the molecule is Br.CCCCCCCCCCCCONCCC. The minimum absolute atomic E-state index is 0. The lowest BCUT2D eigenvalue weighted by molar-refractivity contribution is 0.0387. The monoisotopic (exact) mass is 323 g/mol. The molecule has 0 heterocycles. The highest BCUT2D eigenvalue weighted by molar-refractivity contribution is 8.93. The number of nitrogens with one attached hydrogen (secondary N) is 1. The summed E-state index contributed by atoms with van der Waals surface area (Å²) in [6.45, 7) is 6.27. The summed E-state index contributed by atoms with van der Waals surface area (Å²) in [6.07, 6.45) is 15.0. The second-order valence-corrected chi connectivity index (χ2v) is 4.92. The van der Waals surface area contributed by atoms with Crippen LogP contribution in [0.3, 0.4) is 0 Å². The Kier molecular flexibility index (Phi) is 22.7. The zero-order chi connectivity index (χ0) is 12.6. The molecule has 0 spiro atoms. The minimum Gasteiger partial charge on any atom is -0.302 e. The zero-order valence-electron chi connectivity index (χ0n) is 12.5. The molecule has 3 heteroatoms. The predicted molar refractivity (Wildman–Crippen MR) is 86.4 cm³/mol. The van der Waals surface area contributed by atoms with E-state index in [4.69, 9.17) is 4.84 Å². The fourth-order valence-corrected chi connectivity index (χ4v) is 1.91. The lowest BCUT2D eigenvalue weighted by Crippen LogP contribution is -2.15. The zero-order valence-corrected chi connectivity index (χ0v) is 14.2. The summed E-state index contributed by atoms with van der Waals surface area (Å²) in [4.78, 5) is 5.30. The number of hydroxylamine groups is 1. The van der Waals surface area contributed by atoms with Crippen LogP contribution in [0.15, 0.2) is 0 Å². The molecule has 0 aliphatic carbocycles. The van der Waals surface area contributed by atoms with Crippen molar-refractivity contribution in [2.75, 3.05) is 13.2 Å². The minimum atomic E-state index is 0. The smallest absolute Gasteiger partial charge is 0.0682 e. The third-order valence-electron chi connectivity index (χ3n) is 3.05. The van der Waals surface area contributed by atoms with Crippen LogP contribution in [0, 0.1) is 0 Å². The van der Waals surface area contributed by atoms with E-state index in [0.29, 0.717) is 0 Å². The van der Waals surface area contributed by atoms with Gasteiger partial charge in [0.25, 0.3) is 0 Å². The Labute approximate surface area is 125 Å². The molecular weight excluding hydrogens is 290 g/mol. The van der Waals surface area contributed by atoms with E-state index in [1.54, 1.807) is 0 Å². The molecule has 0 atom stereocenters. The van der Waals surface area contributed by atoms with Crippen molar-refractivity contribution < 1.29 is 4.84 Å². The van der Waals surface area contributed by atoms with Gasteiger partial charge in [-0.1, -0.05) is 71.6 Å². The summed E-state index contributed by atoms with van der Waals surface area (Å²) in [5.74, 6) is 0. The van der Waals surface area contributed by atoms with Gasteiger partial charge in [-0.25, -0.2) is 5.48 Å². The molecule has 0 aliphatic rings. The Hall–Kier alpha value is 0.400. The molecule has 0 amide bonds. The highest BCUT2D eigenvalue weighted by Crippen LogP contribution is 2.10. The van der Waals surface area contributed by atoms with Crippen molar-refractivity contribution in [1.82, 2.24) is 5.48 Å². The molecule has 2 nitrogen and oxygen atoms in total. The fraction of sp³-hybridized carbons (Fsp3) is 1.00. The molecule has 0 aromatic heterocycles. The van der Waals surface area contributed by atoms with Crippen molar-refractivity contribution in [2.24, 2.45) is 0 Å². The van der Waals surface area contributed by atoms with Gasteiger partial charge in [0, 0.05) is 6.54 Å². The molecule has 0 fully saturated rings. The van der Waals surface area contributed by atoms with E-state index < -0.39 is 0 Å². The first kappa shape index (κ1) is 20.7. The van der Waals surface area contributed by atoms with Gasteiger partial charge in [-0.3, -0.25) is 0 Å². The topological polar surface area (TPSA) is 21.3 Å². The second-order valence-electron chi connectivity index (χ2n) is 4.92. The van der Waals surface area contributed by atoms with Crippen molar-refractivity contribution in [1.29, 1.82) is 0 Å². The summed E-state index contributed by atoms with van der Waals surface area (Å²) in [6, 6.07) is 0. The molecule has 0 radical (unpaired) electrons. The van der Waals surface area contributed by atoms with Crippen LogP contribution in [-0.2, 0) is 4.84 Å². The van der Waals surface area contributed by atoms with E-state index in [1.165, 1.54) is 64.2 Å². The average Bonchev–Trinajstić information content (AvgIpc) is 2.35. The molecule has 18 heavy (non-hydrogen) atoms. The van der Waals surface area contributed by atoms with Gasteiger partial charge >= 0.3 is 0 Å². The van der Waals surface area contributed by atoms with Crippen LogP contribution in [0.1, 0.15) is 84.5 Å². The molecular formula is C15H34BrNO. The number of halogens is 1. The third kappa shape index (κ3) is 18.8. The van der Waals surface area contributed by atoms with Gasteiger partial charge < -0.3 is 4.84 Å². The van der Waals surface area contributed by atoms with E-state index in [-0.39, 0.29) is 17.0 Å². The van der Waals surface area contributed by atoms with Crippen LogP contribution in [-0.4, -0.2) is 13.2 Å². The lowest BCUT2D eigenvalue weighted by atomic mass is 10.1. The first-order valence-corrected chi connectivity index (χ1v) is 7.76. The van der Waals surface area contributed by atoms with Crippen LogP contribution in [0.25, 0.3) is 0 Å². The largest absolute Gasteiger partial charge is 0.302 e. The summed E-state index contributed by atoms with van der Waals surface area (Å²) in [5.41, 5.74) is 2.97. The lowest BCUT2D eigenvalue weighted by Gasteiger charge is -2.04. The van der Waals surface area contributed by atoms with Crippen LogP contribution < -0.4 is 5.48 Å². The molecule has 0 unspecified atom stereocenters. The highest BCUT2D eigenvalue weighted by atomic mass is 79.9. The molecule has 0 rings (SSSR count). The van der Waals surface area contributed by atoms with Gasteiger partial charge in [0.15, 0.2) is 0 Å². The molecule has 0 aromatic carbocycles. The predicted octanol–water partition coefficient (Wildman–Crippen LogP) is 5.42. The van der Waals surface area contributed by atoms with Crippen molar-refractivity contribution in [2.45, 2.75) is 84.5 Å². The van der Waals surface area contributed by atoms with Gasteiger partial charge in [0.2, 0.25) is 0 Å². The third-order valence-corrected chi connectivity index (χ3v) is 3.05. The first-order valence-electron chi connectivity index (χ1n) is 7.76. The van der Waals surface area contributed by atoms with Crippen LogP contribution in [0.4, 0.5) is 0 Å². The maximum Gasteiger partial charge on any atom is 0.0682 e. The standard InChI is InChI=1S/C15H33NO.BrH/c1-3-5-6-7-8-9-10-11-12-13-15-17-16-14-4-2;/h16H,3-15H2,1-2H3;1H. The molecule has 0 bridgehead atoms. The second kappa shape index (κ2) is 19.7. The number of hydrogen-bond donors (Lipinski definition) is 1. The summed E-state index contributed by atoms with van der Waals surface area (Å²) in [5, 5.41) is 0. The molecule has 0 aromatic rings. The Morgan fingerprint density at radius 2 is 1.17 bits per heavy atom. The Bertz CT molecular complexity index is 120.